The van der Waals surface area contributed by atoms with E-state index in [-0.39, 0.29) is 17.2 Å². The third kappa shape index (κ3) is 2.82. The number of hydrogen-bond acceptors (Lipinski definition) is 3. The van der Waals surface area contributed by atoms with Gasteiger partial charge in [0, 0.05) is 11.0 Å². The lowest BCUT2D eigenvalue weighted by Crippen LogP contribution is -2.22. The maximum Gasteiger partial charge on any atom is 0.344 e. The molecule has 0 spiro atoms. The minimum absolute atomic E-state index is 0.0475. The molecule has 2 rings (SSSR count). The molecule has 0 unspecified atom stereocenters. The van der Waals surface area contributed by atoms with E-state index >= 15 is 0 Å². The molecule has 0 aromatic heterocycles. The number of rotatable bonds is 6. The molecule has 0 aromatic rings. The van der Waals surface area contributed by atoms with Crippen LogP contribution in [-0.4, -0.2) is 11.8 Å². The van der Waals surface area contributed by atoms with E-state index in [1.165, 1.54) is 6.08 Å². The normalized spacial score (nSPS) is 17.8. The lowest BCUT2D eigenvalue weighted by Gasteiger charge is -2.20. The van der Waals surface area contributed by atoms with Crippen LogP contribution in [0.3, 0.4) is 0 Å². The van der Waals surface area contributed by atoms with E-state index in [1.54, 1.807) is 12.2 Å². The van der Waals surface area contributed by atoms with E-state index < -0.39 is 0 Å². The Morgan fingerprint density at radius 2 is 2.15 bits per heavy atom. The molecule has 0 amide bonds. The van der Waals surface area contributed by atoms with Gasteiger partial charge in [-0.25, -0.2) is 4.79 Å². The SMILES string of the molecule is CCCCC(C)(C)C(=O)C=CC1=C2C=CC=C2OC1=O. The van der Waals surface area contributed by atoms with E-state index in [4.69, 9.17) is 4.74 Å². The maximum absolute atomic E-state index is 12.2. The van der Waals surface area contributed by atoms with E-state index in [0.29, 0.717) is 11.3 Å². The number of carbonyl (C=O) groups excluding carboxylic acids is 2. The predicted molar refractivity (Wildman–Crippen MR) is 77.8 cm³/mol. The van der Waals surface area contributed by atoms with Crippen LogP contribution in [0.15, 0.2) is 47.3 Å². The third-order valence-electron chi connectivity index (χ3n) is 3.71. The molecule has 1 aliphatic carbocycles. The first-order valence-corrected chi connectivity index (χ1v) is 7.03. The molecular formula is C17H20O3. The topological polar surface area (TPSA) is 43.4 Å². The summed E-state index contributed by atoms with van der Waals surface area (Å²) in [5.74, 6) is 0.240. The molecule has 106 valence electrons. The summed E-state index contributed by atoms with van der Waals surface area (Å²) in [6.45, 7) is 6.00. The molecule has 0 atom stereocenters. The molecule has 3 heteroatoms. The molecule has 0 N–H and O–H groups in total. The van der Waals surface area contributed by atoms with Crippen LogP contribution in [0.4, 0.5) is 0 Å². The Morgan fingerprint density at radius 3 is 2.85 bits per heavy atom. The van der Waals surface area contributed by atoms with Gasteiger partial charge in [-0.05, 0) is 24.6 Å². The standard InChI is InChI=1S/C17H20O3/c1-4-5-11-17(2,3)15(18)10-9-13-12-7-6-8-14(12)20-16(13)19/h6-10H,4-5,11H2,1-3H3. The molecule has 3 nitrogen and oxygen atoms in total. The van der Waals surface area contributed by atoms with Gasteiger partial charge in [0.2, 0.25) is 0 Å². The van der Waals surface area contributed by atoms with Gasteiger partial charge < -0.3 is 4.74 Å². The molecule has 0 fully saturated rings. The quantitative estimate of drug-likeness (QED) is 0.547. The highest BCUT2D eigenvalue weighted by atomic mass is 16.5. The third-order valence-corrected chi connectivity index (χ3v) is 3.71. The van der Waals surface area contributed by atoms with E-state index in [1.807, 2.05) is 26.0 Å². The van der Waals surface area contributed by atoms with Crippen LogP contribution in [0, 0.1) is 5.41 Å². The van der Waals surface area contributed by atoms with Gasteiger partial charge in [-0.1, -0.05) is 45.8 Å². The summed E-state index contributed by atoms with van der Waals surface area (Å²) in [5, 5.41) is 0. The first kappa shape index (κ1) is 14.5. The van der Waals surface area contributed by atoms with Crippen LogP contribution in [0.25, 0.3) is 0 Å². The first-order chi connectivity index (χ1) is 9.45. The smallest absolute Gasteiger partial charge is 0.344 e. The van der Waals surface area contributed by atoms with Crippen molar-refractivity contribution in [3.63, 3.8) is 0 Å². The lowest BCUT2D eigenvalue weighted by molar-refractivity contribution is -0.132. The molecule has 0 aromatic carbocycles. The summed E-state index contributed by atoms with van der Waals surface area (Å²) in [6, 6.07) is 0. The number of hydrogen-bond donors (Lipinski definition) is 0. The van der Waals surface area contributed by atoms with Gasteiger partial charge in [-0.2, -0.15) is 0 Å². The van der Waals surface area contributed by atoms with Gasteiger partial charge in [0.15, 0.2) is 5.78 Å². The van der Waals surface area contributed by atoms with Gasteiger partial charge in [-0.3, -0.25) is 4.79 Å². The summed E-state index contributed by atoms with van der Waals surface area (Å²) < 4.78 is 5.10. The molecule has 0 radical (unpaired) electrons. The molecule has 1 aliphatic heterocycles. The highest BCUT2D eigenvalue weighted by molar-refractivity contribution is 6.02. The van der Waals surface area contributed by atoms with E-state index in [9.17, 15) is 9.59 Å². The Kier molecular flexibility index (Phi) is 4.07. The largest absolute Gasteiger partial charge is 0.422 e. The van der Waals surface area contributed by atoms with Crippen molar-refractivity contribution in [2.75, 3.05) is 0 Å². The van der Waals surface area contributed by atoms with Crippen molar-refractivity contribution in [2.24, 2.45) is 5.41 Å². The van der Waals surface area contributed by atoms with Crippen molar-refractivity contribution < 1.29 is 14.3 Å². The average Bonchev–Trinajstić information content (AvgIpc) is 2.94. The Bertz CT molecular complexity index is 557. The zero-order valence-corrected chi connectivity index (χ0v) is 12.2. The average molecular weight is 272 g/mol. The van der Waals surface area contributed by atoms with Crippen LogP contribution in [0.5, 0.6) is 0 Å². The van der Waals surface area contributed by atoms with E-state index in [2.05, 4.69) is 6.92 Å². The van der Waals surface area contributed by atoms with Crippen LogP contribution < -0.4 is 0 Å². The molecule has 1 heterocycles. The van der Waals surface area contributed by atoms with Crippen LogP contribution >= 0.6 is 0 Å². The Hall–Kier alpha value is -1.90. The molecular weight excluding hydrogens is 252 g/mol. The molecule has 20 heavy (non-hydrogen) atoms. The van der Waals surface area contributed by atoms with Gasteiger partial charge in [0.25, 0.3) is 0 Å². The predicted octanol–water partition coefficient (Wildman–Crippen LogP) is 3.64. The Morgan fingerprint density at radius 1 is 1.40 bits per heavy atom. The van der Waals surface area contributed by atoms with Crippen molar-refractivity contribution >= 4 is 11.8 Å². The summed E-state index contributed by atoms with van der Waals surface area (Å²) in [7, 11) is 0. The van der Waals surface area contributed by atoms with Crippen LogP contribution in [0.1, 0.15) is 40.0 Å². The van der Waals surface area contributed by atoms with Crippen molar-refractivity contribution in [3.8, 4) is 0 Å². The fraction of sp³-hybridized carbons (Fsp3) is 0.412. The number of allylic oxidation sites excluding steroid dienone is 4. The number of fused-ring (bicyclic) bond motifs is 1. The zero-order valence-electron chi connectivity index (χ0n) is 12.2. The second kappa shape index (κ2) is 5.61. The van der Waals surface area contributed by atoms with Crippen molar-refractivity contribution in [3.05, 3.63) is 47.3 Å². The summed E-state index contributed by atoms with van der Waals surface area (Å²) in [6.07, 6.45) is 11.5. The van der Waals surface area contributed by atoms with Crippen molar-refractivity contribution in [1.29, 1.82) is 0 Å². The van der Waals surface area contributed by atoms with Crippen molar-refractivity contribution in [1.82, 2.24) is 0 Å². The second-order valence-electron chi connectivity index (χ2n) is 5.79. The van der Waals surface area contributed by atoms with Gasteiger partial charge in [0.05, 0.1) is 5.57 Å². The van der Waals surface area contributed by atoms with Gasteiger partial charge >= 0.3 is 5.97 Å². The minimum Gasteiger partial charge on any atom is -0.422 e. The fourth-order valence-electron chi connectivity index (χ4n) is 2.26. The molecule has 0 saturated carbocycles. The minimum atomic E-state index is -0.384. The number of carbonyl (C=O) groups is 2. The zero-order chi connectivity index (χ0) is 14.8. The van der Waals surface area contributed by atoms with Crippen LogP contribution in [0.2, 0.25) is 0 Å². The lowest BCUT2D eigenvalue weighted by atomic mass is 9.82. The summed E-state index contributed by atoms with van der Waals surface area (Å²) in [5.41, 5.74) is 0.847. The maximum atomic E-state index is 12.2. The highest BCUT2D eigenvalue weighted by Crippen LogP contribution is 2.32. The fourth-order valence-corrected chi connectivity index (χ4v) is 2.26. The Labute approximate surface area is 119 Å². The number of unbranched alkanes of at least 4 members (excludes halogenated alkanes) is 1. The number of ether oxygens (including phenoxy) is 1. The second-order valence-corrected chi connectivity index (χ2v) is 5.79. The molecule has 0 saturated heterocycles. The Balaban J connectivity index is 2.12. The summed E-state index contributed by atoms with van der Waals surface area (Å²) in [4.78, 5) is 23.9. The number of ketones is 1. The monoisotopic (exact) mass is 272 g/mol. The number of esters is 1. The van der Waals surface area contributed by atoms with Crippen LogP contribution in [-0.2, 0) is 14.3 Å². The highest BCUT2D eigenvalue weighted by Gasteiger charge is 2.29. The van der Waals surface area contributed by atoms with Gasteiger partial charge in [0.1, 0.15) is 5.76 Å². The van der Waals surface area contributed by atoms with Crippen molar-refractivity contribution in [2.45, 2.75) is 40.0 Å². The summed E-state index contributed by atoms with van der Waals surface area (Å²) >= 11 is 0. The van der Waals surface area contributed by atoms with Gasteiger partial charge in [-0.15, -0.1) is 0 Å². The molecule has 2 aliphatic rings. The first-order valence-electron chi connectivity index (χ1n) is 7.03. The van der Waals surface area contributed by atoms with E-state index in [0.717, 1.165) is 24.8 Å². The molecule has 0 bridgehead atoms.